The molecule has 146 valence electrons. The maximum absolute atomic E-state index is 12.3. The fourth-order valence-electron chi connectivity index (χ4n) is 4.11. The second-order valence-corrected chi connectivity index (χ2v) is 7.69. The highest BCUT2D eigenvalue weighted by Gasteiger charge is 2.28. The highest BCUT2D eigenvalue weighted by atomic mass is 16.2. The topological polar surface area (TPSA) is 65.9 Å². The smallest absolute Gasteiger partial charge is 0.245 e. The monoisotopic (exact) mass is 371 g/mol. The Morgan fingerprint density at radius 2 is 1.93 bits per heavy atom. The molecule has 1 fully saturated rings. The minimum absolute atomic E-state index is 0.0312. The van der Waals surface area contributed by atoms with Crippen LogP contribution >= 0.6 is 0 Å². The first-order valence-electron chi connectivity index (χ1n) is 9.99. The quantitative estimate of drug-likeness (QED) is 0.691. The molecule has 6 heteroatoms. The van der Waals surface area contributed by atoms with Crippen molar-refractivity contribution < 1.29 is 14.5 Å². The number of piperidine rings is 1. The summed E-state index contributed by atoms with van der Waals surface area (Å²) in [6.45, 7) is 6.20. The number of amides is 2. The van der Waals surface area contributed by atoms with Crippen molar-refractivity contribution in [3.63, 3.8) is 0 Å². The van der Waals surface area contributed by atoms with E-state index in [0.29, 0.717) is 25.0 Å². The Balaban J connectivity index is 1.47. The lowest BCUT2D eigenvalue weighted by Crippen LogP contribution is -3.19. The molecule has 0 aromatic heterocycles. The number of hydrazine groups is 1. The normalized spacial score (nSPS) is 25.6. The molecule has 0 aliphatic carbocycles. The van der Waals surface area contributed by atoms with Crippen LogP contribution in [0.25, 0.3) is 5.70 Å². The van der Waals surface area contributed by atoms with Crippen molar-refractivity contribution in [3.8, 4) is 0 Å². The van der Waals surface area contributed by atoms with E-state index in [9.17, 15) is 9.59 Å². The maximum Gasteiger partial charge on any atom is 0.245 e. The molecule has 2 atom stereocenters. The standard InChI is InChI=1S/C21H30N4O2/c1-16-7-6-8-17(2)24(16)14-13-22-20(26)15-25-21(27)12-11-19(23-25)18-9-4-3-5-10-18/h3-5,9-11,16-17,23H,6-8,12-15H2,1-2H3,(H,22,26)/p+1. The Morgan fingerprint density at radius 3 is 2.63 bits per heavy atom. The van der Waals surface area contributed by atoms with Crippen LogP contribution in [0.2, 0.25) is 0 Å². The summed E-state index contributed by atoms with van der Waals surface area (Å²) in [7, 11) is 0. The number of carbonyl (C=O) groups is 2. The van der Waals surface area contributed by atoms with Crippen molar-refractivity contribution in [1.82, 2.24) is 15.8 Å². The minimum Gasteiger partial charge on any atom is -0.349 e. The zero-order valence-corrected chi connectivity index (χ0v) is 16.3. The van der Waals surface area contributed by atoms with Crippen LogP contribution in [0.5, 0.6) is 0 Å². The third-order valence-electron chi connectivity index (χ3n) is 5.70. The van der Waals surface area contributed by atoms with Crippen molar-refractivity contribution in [1.29, 1.82) is 0 Å². The van der Waals surface area contributed by atoms with Crippen LogP contribution in [-0.2, 0) is 9.59 Å². The molecule has 0 saturated carbocycles. The van der Waals surface area contributed by atoms with Gasteiger partial charge in [-0.05, 0) is 44.7 Å². The van der Waals surface area contributed by atoms with Crippen LogP contribution in [0, 0.1) is 0 Å². The maximum atomic E-state index is 12.3. The van der Waals surface area contributed by atoms with E-state index in [0.717, 1.165) is 17.8 Å². The second kappa shape index (κ2) is 9.04. The lowest BCUT2D eigenvalue weighted by Gasteiger charge is -2.35. The molecule has 2 aliphatic heterocycles. The number of hydrogen-bond donors (Lipinski definition) is 3. The van der Waals surface area contributed by atoms with E-state index in [1.54, 1.807) is 4.90 Å². The fraction of sp³-hybridized carbons (Fsp3) is 0.524. The molecule has 3 N–H and O–H groups in total. The molecule has 0 bridgehead atoms. The number of nitrogens with one attached hydrogen (secondary N) is 3. The molecule has 27 heavy (non-hydrogen) atoms. The largest absolute Gasteiger partial charge is 0.349 e. The van der Waals surface area contributed by atoms with Gasteiger partial charge in [-0.3, -0.25) is 15.0 Å². The van der Waals surface area contributed by atoms with Crippen LogP contribution in [0.15, 0.2) is 36.4 Å². The van der Waals surface area contributed by atoms with Crippen LogP contribution in [0.3, 0.4) is 0 Å². The van der Waals surface area contributed by atoms with Gasteiger partial charge in [-0.2, -0.15) is 0 Å². The van der Waals surface area contributed by atoms with Gasteiger partial charge in [0.15, 0.2) is 0 Å². The van der Waals surface area contributed by atoms with Crippen molar-refractivity contribution in [2.45, 2.75) is 51.6 Å². The predicted molar refractivity (Wildman–Crippen MR) is 105 cm³/mol. The SMILES string of the molecule is CC1CCCC(C)[NH+]1CCNC(=O)CN1NC(c2ccccc2)=CCC1=O. The van der Waals surface area contributed by atoms with E-state index in [2.05, 4.69) is 24.6 Å². The number of rotatable bonds is 6. The van der Waals surface area contributed by atoms with Gasteiger partial charge in [0.1, 0.15) is 6.54 Å². The molecule has 1 aromatic carbocycles. The minimum atomic E-state index is -0.123. The number of benzene rings is 1. The van der Waals surface area contributed by atoms with E-state index >= 15 is 0 Å². The molecule has 2 heterocycles. The summed E-state index contributed by atoms with van der Waals surface area (Å²) in [4.78, 5) is 26.1. The van der Waals surface area contributed by atoms with Crippen molar-refractivity contribution in [3.05, 3.63) is 42.0 Å². The van der Waals surface area contributed by atoms with E-state index in [4.69, 9.17) is 0 Å². The van der Waals surface area contributed by atoms with Gasteiger partial charge < -0.3 is 10.2 Å². The Hall–Kier alpha value is -2.34. The zero-order chi connectivity index (χ0) is 19.2. The van der Waals surface area contributed by atoms with Crippen LogP contribution in [-0.4, -0.2) is 48.5 Å². The zero-order valence-electron chi connectivity index (χ0n) is 16.3. The molecule has 0 spiro atoms. The molecule has 3 rings (SSSR count). The van der Waals surface area contributed by atoms with Gasteiger partial charge in [0.2, 0.25) is 11.8 Å². The average Bonchev–Trinajstić information content (AvgIpc) is 2.66. The first-order chi connectivity index (χ1) is 13.0. The number of hydrogen-bond acceptors (Lipinski definition) is 3. The summed E-state index contributed by atoms with van der Waals surface area (Å²) < 4.78 is 0. The van der Waals surface area contributed by atoms with Gasteiger partial charge in [-0.25, -0.2) is 5.01 Å². The van der Waals surface area contributed by atoms with Gasteiger partial charge >= 0.3 is 0 Å². The molecule has 1 aromatic rings. The Morgan fingerprint density at radius 1 is 1.22 bits per heavy atom. The van der Waals surface area contributed by atoms with Crippen LogP contribution in [0.1, 0.15) is 45.1 Å². The van der Waals surface area contributed by atoms with Gasteiger partial charge in [0.25, 0.3) is 0 Å². The molecule has 2 aliphatic rings. The van der Waals surface area contributed by atoms with E-state index < -0.39 is 0 Å². The van der Waals surface area contributed by atoms with E-state index in [-0.39, 0.29) is 18.4 Å². The van der Waals surface area contributed by atoms with Crippen LogP contribution < -0.4 is 15.6 Å². The molecular formula is C21H31N4O2+. The second-order valence-electron chi connectivity index (χ2n) is 7.69. The molecular weight excluding hydrogens is 340 g/mol. The number of carbonyl (C=O) groups excluding carboxylic acids is 2. The summed E-state index contributed by atoms with van der Waals surface area (Å²) in [5.74, 6) is -0.212. The predicted octanol–water partition coefficient (Wildman–Crippen LogP) is 0.726. The fourth-order valence-corrected chi connectivity index (χ4v) is 4.11. The van der Waals surface area contributed by atoms with Gasteiger partial charge in [-0.1, -0.05) is 30.3 Å². The molecule has 0 radical (unpaired) electrons. The summed E-state index contributed by atoms with van der Waals surface area (Å²) in [6.07, 6.45) is 5.99. The van der Waals surface area contributed by atoms with Crippen LogP contribution in [0.4, 0.5) is 0 Å². The first-order valence-corrected chi connectivity index (χ1v) is 9.99. The number of quaternary nitrogens is 1. The highest BCUT2D eigenvalue weighted by Crippen LogP contribution is 2.16. The van der Waals surface area contributed by atoms with Crippen molar-refractivity contribution in [2.24, 2.45) is 0 Å². The summed E-state index contributed by atoms with van der Waals surface area (Å²) in [5, 5.41) is 4.39. The Labute approximate surface area is 161 Å². The molecule has 6 nitrogen and oxygen atoms in total. The molecule has 2 amide bonds. The third kappa shape index (κ3) is 5.10. The number of likely N-dealkylation sites (tertiary alicyclic amines) is 1. The van der Waals surface area contributed by atoms with Gasteiger partial charge in [-0.15, -0.1) is 0 Å². The lowest BCUT2D eigenvalue weighted by atomic mass is 9.98. The summed E-state index contributed by atoms with van der Waals surface area (Å²) >= 11 is 0. The van der Waals surface area contributed by atoms with Crippen molar-refractivity contribution >= 4 is 17.5 Å². The molecule has 2 unspecified atom stereocenters. The Bertz CT molecular complexity index is 679. The Kier molecular flexibility index (Phi) is 6.50. The summed E-state index contributed by atoms with van der Waals surface area (Å²) in [6, 6.07) is 11.1. The highest BCUT2D eigenvalue weighted by molar-refractivity contribution is 5.88. The molecule has 1 saturated heterocycles. The first kappa shape index (κ1) is 19.4. The van der Waals surface area contributed by atoms with Gasteiger partial charge in [0.05, 0.1) is 30.9 Å². The van der Waals surface area contributed by atoms with E-state index in [1.807, 2.05) is 36.4 Å². The number of nitrogens with zero attached hydrogens (tertiary/aromatic N) is 1. The lowest BCUT2D eigenvalue weighted by molar-refractivity contribution is -0.950. The summed E-state index contributed by atoms with van der Waals surface area (Å²) in [5.41, 5.74) is 4.95. The van der Waals surface area contributed by atoms with Gasteiger partial charge in [0, 0.05) is 6.42 Å². The van der Waals surface area contributed by atoms with Crippen molar-refractivity contribution in [2.75, 3.05) is 19.6 Å². The van der Waals surface area contributed by atoms with E-state index in [1.165, 1.54) is 24.3 Å². The third-order valence-corrected chi connectivity index (χ3v) is 5.70. The average molecular weight is 372 g/mol.